The molecule has 4 N–H and O–H groups in total. The lowest BCUT2D eigenvalue weighted by Gasteiger charge is -2.13. The maximum atomic E-state index is 13.9. The highest BCUT2D eigenvalue weighted by molar-refractivity contribution is 6.18. The number of anilines is 3. The molecule has 0 aliphatic heterocycles. The fourth-order valence-corrected chi connectivity index (χ4v) is 3.62. The van der Waals surface area contributed by atoms with Gasteiger partial charge in [0.1, 0.15) is 29.4 Å². The third-order valence-corrected chi connectivity index (χ3v) is 5.27. The summed E-state index contributed by atoms with van der Waals surface area (Å²) in [6, 6.07) is 9.76. The van der Waals surface area contributed by atoms with E-state index in [4.69, 9.17) is 10.5 Å². The number of hydrogen-bond acceptors (Lipinski definition) is 6. The second kappa shape index (κ2) is 9.18. The van der Waals surface area contributed by atoms with Gasteiger partial charge in [0.15, 0.2) is 5.78 Å². The number of ketones is 1. The van der Waals surface area contributed by atoms with Gasteiger partial charge in [0.25, 0.3) is 0 Å². The van der Waals surface area contributed by atoms with E-state index < -0.39 is 11.8 Å². The van der Waals surface area contributed by atoms with Crippen molar-refractivity contribution in [1.82, 2.24) is 14.5 Å². The van der Waals surface area contributed by atoms with Gasteiger partial charge in [0, 0.05) is 17.8 Å². The number of carbonyl (C=O) groups is 2. The molecular weight excluding hydrogens is 439 g/mol. The van der Waals surface area contributed by atoms with E-state index in [1.165, 1.54) is 37.7 Å². The first-order valence-corrected chi connectivity index (χ1v) is 10.5. The van der Waals surface area contributed by atoms with Crippen LogP contribution in [0.1, 0.15) is 35.8 Å². The second-order valence-corrected chi connectivity index (χ2v) is 7.80. The molecule has 9 nitrogen and oxygen atoms in total. The molecule has 0 fully saturated rings. The largest absolute Gasteiger partial charge is 0.495 e. The molecule has 0 saturated carbocycles. The summed E-state index contributed by atoms with van der Waals surface area (Å²) in [7, 11) is 1.44. The van der Waals surface area contributed by atoms with Crippen LogP contribution in [-0.2, 0) is 0 Å². The van der Waals surface area contributed by atoms with Gasteiger partial charge in [0.2, 0.25) is 0 Å². The van der Waals surface area contributed by atoms with Crippen molar-refractivity contribution in [3.8, 4) is 5.75 Å². The monoisotopic (exact) mass is 462 g/mol. The zero-order valence-electron chi connectivity index (χ0n) is 18.8. The molecule has 10 heteroatoms. The number of urea groups is 1. The zero-order chi connectivity index (χ0) is 24.4. The maximum Gasteiger partial charge on any atom is 0.323 e. The summed E-state index contributed by atoms with van der Waals surface area (Å²) >= 11 is 0. The van der Waals surface area contributed by atoms with Crippen molar-refractivity contribution in [3.63, 3.8) is 0 Å². The van der Waals surface area contributed by atoms with Crippen LogP contribution in [0, 0.1) is 5.82 Å². The highest BCUT2D eigenvalue weighted by Crippen LogP contribution is 2.31. The molecule has 0 unspecified atom stereocenters. The van der Waals surface area contributed by atoms with Crippen LogP contribution in [0.4, 0.5) is 26.4 Å². The summed E-state index contributed by atoms with van der Waals surface area (Å²) in [5.74, 6) is -0.377. The van der Waals surface area contributed by atoms with Crippen LogP contribution in [-0.4, -0.2) is 33.5 Å². The molecule has 0 spiro atoms. The van der Waals surface area contributed by atoms with Crippen molar-refractivity contribution in [3.05, 3.63) is 71.9 Å². The summed E-state index contributed by atoms with van der Waals surface area (Å²) in [4.78, 5) is 34.3. The standard InChI is InChI=1S/C24H23FN6O3/c1-13(2)31-11-15(20-22(26)27-12-28-23(20)31)21(32)14-8-9-19(34-3)18(10-14)30-24(33)29-17-7-5-4-6-16(17)25/h4-13H,1-3H3,(H2,26,27,28)(H2,29,30,33). The fourth-order valence-electron chi connectivity index (χ4n) is 3.62. The van der Waals surface area contributed by atoms with Gasteiger partial charge in [-0.15, -0.1) is 0 Å². The molecule has 0 bridgehead atoms. The summed E-state index contributed by atoms with van der Waals surface area (Å²) in [5.41, 5.74) is 7.52. The summed E-state index contributed by atoms with van der Waals surface area (Å²) < 4.78 is 21.0. The minimum absolute atomic E-state index is 0.0168. The molecule has 0 atom stereocenters. The van der Waals surface area contributed by atoms with E-state index in [-0.39, 0.29) is 34.6 Å². The molecule has 0 aliphatic rings. The van der Waals surface area contributed by atoms with Crippen molar-refractivity contribution >= 4 is 40.0 Å². The van der Waals surface area contributed by atoms with Crippen molar-refractivity contribution < 1.29 is 18.7 Å². The molecule has 2 amide bonds. The molecule has 0 radical (unpaired) electrons. The van der Waals surface area contributed by atoms with Gasteiger partial charge in [-0.3, -0.25) is 4.79 Å². The van der Waals surface area contributed by atoms with Gasteiger partial charge in [-0.1, -0.05) is 12.1 Å². The molecular formula is C24H23FN6O3. The van der Waals surface area contributed by atoms with Gasteiger partial charge < -0.3 is 25.7 Å². The Labute approximate surface area is 194 Å². The number of aromatic nitrogens is 3. The average Bonchev–Trinajstić information content (AvgIpc) is 3.21. The number of rotatable bonds is 6. The third kappa shape index (κ3) is 4.25. The predicted molar refractivity (Wildman–Crippen MR) is 128 cm³/mol. The third-order valence-electron chi connectivity index (χ3n) is 5.27. The number of carbonyl (C=O) groups excluding carboxylic acids is 2. The Bertz CT molecular complexity index is 1400. The smallest absolute Gasteiger partial charge is 0.323 e. The fraction of sp³-hybridized carbons (Fsp3) is 0.167. The number of methoxy groups -OCH3 is 1. The number of fused-ring (bicyclic) bond motifs is 1. The first-order chi connectivity index (χ1) is 16.3. The topological polar surface area (TPSA) is 124 Å². The molecule has 2 heterocycles. The van der Waals surface area contributed by atoms with Crippen LogP contribution >= 0.6 is 0 Å². The van der Waals surface area contributed by atoms with Crippen LogP contribution in [0.3, 0.4) is 0 Å². The first kappa shape index (κ1) is 22.7. The molecule has 34 heavy (non-hydrogen) atoms. The van der Waals surface area contributed by atoms with Gasteiger partial charge in [-0.2, -0.15) is 0 Å². The Kier molecular flexibility index (Phi) is 6.13. The minimum atomic E-state index is -0.693. The lowest BCUT2D eigenvalue weighted by Crippen LogP contribution is -2.20. The second-order valence-electron chi connectivity index (χ2n) is 7.80. The highest BCUT2D eigenvalue weighted by atomic mass is 19.1. The van der Waals surface area contributed by atoms with E-state index in [0.29, 0.717) is 22.3 Å². The quantitative estimate of drug-likeness (QED) is 0.359. The lowest BCUT2D eigenvalue weighted by atomic mass is 10.0. The Hall–Kier alpha value is -4.47. The van der Waals surface area contributed by atoms with E-state index in [0.717, 1.165) is 0 Å². The van der Waals surface area contributed by atoms with Crippen LogP contribution < -0.4 is 21.1 Å². The SMILES string of the molecule is COc1ccc(C(=O)c2cn(C(C)C)c3ncnc(N)c23)cc1NC(=O)Nc1ccccc1F. The average molecular weight is 462 g/mol. The van der Waals surface area contributed by atoms with Crippen LogP contribution in [0.2, 0.25) is 0 Å². The molecule has 0 aliphatic carbocycles. The summed E-state index contributed by atoms with van der Waals surface area (Å²) in [5, 5.41) is 5.51. The highest BCUT2D eigenvalue weighted by Gasteiger charge is 2.22. The van der Waals surface area contributed by atoms with Gasteiger partial charge in [-0.25, -0.2) is 19.2 Å². The number of nitrogen functional groups attached to an aromatic ring is 1. The molecule has 174 valence electrons. The Balaban J connectivity index is 1.69. The number of nitrogens with one attached hydrogen (secondary N) is 2. The van der Waals surface area contributed by atoms with E-state index in [1.54, 1.807) is 24.4 Å². The number of para-hydroxylation sites is 1. The van der Waals surface area contributed by atoms with Crippen molar-refractivity contribution in [2.75, 3.05) is 23.5 Å². The Morgan fingerprint density at radius 2 is 1.82 bits per heavy atom. The number of benzene rings is 2. The number of amides is 2. The van der Waals surface area contributed by atoms with Crippen LogP contribution in [0.25, 0.3) is 11.0 Å². The number of nitrogens with zero attached hydrogens (tertiary/aromatic N) is 3. The van der Waals surface area contributed by atoms with E-state index in [2.05, 4.69) is 20.6 Å². The predicted octanol–water partition coefficient (Wildman–Crippen LogP) is 4.62. The van der Waals surface area contributed by atoms with Crippen molar-refractivity contribution in [2.24, 2.45) is 0 Å². The molecule has 4 aromatic rings. The van der Waals surface area contributed by atoms with Gasteiger partial charge in [-0.05, 0) is 44.2 Å². The zero-order valence-corrected chi connectivity index (χ0v) is 18.8. The molecule has 0 saturated heterocycles. The first-order valence-electron chi connectivity index (χ1n) is 10.5. The summed E-state index contributed by atoms with van der Waals surface area (Å²) in [6.45, 7) is 3.94. The lowest BCUT2D eigenvalue weighted by molar-refractivity contribution is 0.104. The number of ether oxygens (including phenoxy) is 1. The number of hydrogen-bond donors (Lipinski definition) is 3. The number of nitrogens with two attached hydrogens (primary N) is 1. The van der Waals surface area contributed by atoms with Crippen molar-refractivity contribution in [1.29, 1.82) is 0 Å². The maximum absolute atomic E-state index is 13.9. The Morgan fingerprint density at radius 1 is 1.09 bits per heavy atom. The Morgan fingerprint density at radius 3 is 2.53 bits per heavy atom. The summed E-state index contributed by atoms with van der Waals surface area (Å²) in [6.07, 6.45) is 3.05. The van der Waals surface area contributed by atoms with Crippen LogP contribution in [0.5, 0.6) is 5.75 Å². The molecule has 2 aromatic carbocycles. The van der Waals surface area contributed by atoms with E-state index in [1.807, 2.05) is 18.4 Å². The van der Waals surface area contributed by atoms with Crippen LogP contribution in [0.15, 0.2) is 55.0 Å². The van der Waals surface area contributed by atoms with Crippen molar-refractivity contribution in [2.45, 2.75) is 19.9 Å². The van der Waals surface area contributed by atoms with Gasteiger partial charge >= 0.3 is 6.03 Å². The number of halogens is 1. The minimum Gasteiger partial charge on any atom is -0.495 e. The van der Waals surface area contributed by atoms with E-state index >= 15 is 0 Å². The van der Waals surface area contributed by atoms with Gasteiger partial charge in [0.05, 0.1) is 29.4 Å². The normalized spacial score (nSPS) is 11.0. The molecule has 4 rings (SSSR count). The molecule has 2 aromatic heterocycles. The van der Waals surface area contributed by atoms with E-state index in [9.17, 15) is 14.0 Å².